The molecule has 0 radical (unpaired) electrons. The zero-order valence-electron chi connectivity index (χ0n) is 18.5. The lowest BCUT2D eigenvalue weighted by atomic mass is 10.1. The summed E-state index contributed by atoms with van der Waals surface area (Å²) in [5, 5.41) is 11.9. The van der Waals surface area contributed by atoms with Crippen LogP contribution < -0.4 is 10.1 Å². The highest BCUT2D eigenvalue weighted by Crippen LogP contribution is 2.32. The van der Waals surface area contributed by atoms with Crippen LogP contribution in [-0.2, 0) is 6.54 Å². The van der Waals surface area contributed by atoms with E-state index >= 15 is 0 Å². The van der Waals surface area contributed by atoms with E-state index < -0.39 is 0 Å². The Morgan fingerprint density at radius 1 is 1.00 bits per heavy atom. The molecule has 1 amide bonds. The monoisotopic (exact) mass is 450 g/mol. The van der Waals surface area contributed by atoms with Crippen molar-refractivity contribution in [2.75, 3.05) is 12.4 Å². The average Bonchev–Trinajstić information content (AvgIpc) is 3.55. The fourth-order valence-corrected chi connectivity index (χ4v) is 3.74. The normalized spacial score (nSPS) is 10.7. The minimum atomic E-state index is -0.263. The van der Waals surface area contributed by atoms with Gasteiger partial charge in [0, 0.05) is 17.4 Å². The topological polar surface area (TPSA) is 86.9 Å². The van der Waals surface area contributed by atoms with Gasteiger partial charge in [0.2, 0.25) is 0 Å². The zero-order valence-corrected chi connectivity index (χ0v) is 18.5. The van der Waals surface area contributed by atoms with Gasteiger partial charge in [-0.05, 0) is 42.0 Å². The third-order valence-corrected chi connectivity index (χ3v) is 5.34. The Kier molecular flexibility index (Phi) is 5.85. The molecule has 5 rings (SSSR count). The number of carbonyl (C=O) groups is 1. The van der Waals surface area contributed by atoms with E-state index in [0.29, 0.717) is 29.2 Å². The third-order valence-electron chi connectivity index (χ3n) is 5.34. The summed E-state index contributed by atoms with van der Waals surface area (Å²) < 4.78 is 8.97. The highest BCUT2D eigenvalue weighted by atomic mass is 16.5. The lowest BCUT2D eigenvalue weighted by molar-refractivity contribution is 0.102. The van der Waals surface area contributed by atoms with Crippen molar-refractivity contribution in [2.24, 2.45) is 0 Å². The molecule has 0 atom stereocenters. The molecule has 0 fully saturated rings. The fourth-order valence-electron chi connectivity index (χ4n) is 3.74. The number of para-hydroxylation sites is 2. The number of carbonyl (C=O) groups excluding carboxylic acids is 1. The molecule has 0 aliphatic heterocycles. The number of nitrogens with one attached hydrogen (secondary N) is 1. The van der Waals surface area contributed by atoms with Crippen molar-refractivity contribution in [1.82, 2.24) is 24.5 Å². The Morgan fingerprint density at radius 3 is 2.62 bits per heavy atom. The molecule has 0 saturated heterocycles. The van der Waals surface area contributed by atoms with Gasteiger partial charge in [-0.25, -0.2) is 14.3 Å². The number of hydrogen-bond donors (Lipinski definition) is 1. The van der Waals surface area contributed by atoms with Crippen LogP contribution in [0.25, 0.3) is 16.9 Å². The Morgan fingerprint density at radius 2 is 1.82 bits per heavy atom. The molecule has 1 N–H and O–H groups in total. The van der Waals surface area contributed by atoms with Gasteiger partial charge in [-0.1, -0.05) is 42.5 Å². The second kappa shape index (κ2) is 9.41. The van der Waals surface area contributed by atoms with Crippen molar-refractivity contribution < 1.29 is 9.53 Å². The van der Waals surface area contributed by atoms with Crippen LogP contribution in [0.15, 0.2) is 97.7 Å². The van der Waals surface area contributed by atoms with Crippen molar-refractivity contribution >= 4 is 11.6 Å². The molecular formula is C26H22N6O2. The Balaban J connectivity index is 1.50. The first-order chi connectivity index (χ1) is 16.7. The zero-order chi connectivity index (χ0) is 23.3. The maximum Gasteiger partial charge on any atom is 0.259 e. The van der Waals surface area contributed by atoms with Crippen molar-refractivity contribution in [3.63, 3.8) is 0 Å². The van der Waals surface area contributed by atoms with Gasteiger partial charge in [-0.3, -0.25) is 4.79 Å². The van der Waals surface area contributed by atoms with Gasteiger partial charge in [0.1, 0.15) is 24.1 Å². The molecule has 0 unspecified atom stereocenters. The largest absolute Gasteiger partial charge is 0.496 e. The van der Waals surface area contributed by atoms with Gasteiger partial charge in [-0.2, -0.15) is 10.2 Å². The summed E-state index contributed by atoms with van der Waals surface area (Å²) in [4.78, 5) is 17.4. The quantitative estimate of drug-likeness (QED) is 0.396. The first-order valence-electron chi connectivity index (χ1n) is 10.7. The van der Waals surface area contributed by atoms with Gasteiger partial charge in [0.15, 0.2) is 0 Å². The Labute approximate surface area is 196 Å². The second-order valence-corrected chi connectivity index (χ2v) is 7.62. The van der Waals surface area contributed by atoms with Crippen molar-refractivity contribution in [3.8, 4) is 22.7 Å². The molecule has 34 heavy (non-hydrogen) atoms. The van der Waals surface area contributed by atoms with Crippen LogP contribution in [0.3, 0.4) is 0 Å². The molecule has 168 valence electrons. The molecule has 0 spiro atoms. The predicted octanol–water partition coefficient (Wildman–Crippen LogP) is 4.44. The van der Waals surface area contributed by atoms with Crippen LogP contribution >= 0.6 is 0 Å². The maximum atomic E-state index is 13.4. The van der Waals surface area contributed by atoms with Gasteiger partial charge in [0.05, 0.1) is 24.9 Å². The van der Waals surface area contributed by atoms with Gasteiger partial charge >= 0.3 is 0 Å². The number of aromatic nitrogens is 5. The number of nitrogens with zero attached hydrogens (tertiary/aromatic N) is 5. The van der Waals surface area contributed by atoms with Crippen LogP contribution in [0.5, 0.6) is 5.75 Å². The summed E-state index contributed by atoms with van der Waals surface area (Å²) >= 11 is 0. The minimum Gasteiger partial charge on any atom is -0.496 e. The molecule has 8 heteroatoms. The van der Waals surface area contributed by atoms with Gasteiger partial charge < -0.3 is 10.1 Å². The maximum absolute atomic E-state index is 13.4. The molecule has 8 nitrogen and oxygen atoms in total. The smallest absolute Gasteiger partial charge is 0.259 e. The molecule has 0 bridgehead atoms. The number of anilines is 1. The molecule has 0 aliphatic carbocycles. The standard InChI is InChI=1S/C26H22N6O2/c1-34-24-13-6-5-12-22(24)25-23(16-32(30-25)21-10-3-2-4-11-21)26(33)29-20-9-7-8-19(14-20)15-31-18-27-17-28-31/h2-14,16-18H,15H2,1H3,(H,29,33). The number of benzene rings is 3. The van der Waals surface area contributed by atoms with Crippen LogP contribution in [0.4, 0.5) is 5.69 Å². The molecule has 0 aliphatic rings. The summed E-state index contributed by atoms with van der Waals surface area (Å²) in [6, 6.07) is 24.9. The molecule has 2 heterocycles. The highest BCUT2D eigenvalue weighted by molar-refractivity contribution is 6.08. The summed E-state index contributed by atoms with van der Waals surface area (Å²) in [6.45, 7) is 0.558. The number of rotatable bonds is 7. The van der Waals surface area contributed by atoms with Crippen molar-refractivity contribution in [1.29, 1.82) is 0 Å². The minimum absolute atomic E-state index is 0.263. The number of amides is 1. The van der Waals surface area contributed by atoms with E-state index in [4.69, 9.17) is 9.84 Å². The second-order valence-electron chi connectivity index (χ2n) is 7.62. The lowest BCUT2D eigenvalue weighted by Crippen LogP contribution is -2.13. The summed E-state index contributed by atoms with van der Waals surface area (Å²) in [5.74, 6) is 0.380. The molecule has 0 saturated carbocycles. The van der Waals surface area contributed by atoms with E-state index in [9.17, 15) is 4.79 Å². The summed E-state index contributed by atoms with van der Waals surface area (Å²) in [5.41, 5.74) is 4.25. The van der Waals surface area contributed by atoms with Crippen LogP contribution in [0, 0.1) is 0 Å². The van der Waals surface area contributed by atoms with Crippen LogP contribution in [0.2, 0.25) is 0 Å². The summed E-state index contributed by atoms with van der Waals surface area (Å²) in [7, 11) is 1.60. The first kappa shape index (κ1) is 21.1. The molecule has 2 aromatic heterocycles. The van der Waals surface area contributed by atoms with E-state index in [0.717, 1.165) is 16.8 Å². The Hall–Kier alpha value is -4.72. The van der Waals surface area contributed by atoms with Gasteiger partial charge in [-0.15, -0.1) is 0 Å². The third kappa shape index (κ3) is 4.42. The van der Waals surface area contributed by atoms with Crippen molar-refractivity contribution in [2.45, 2.75) is 6.54 Å². The number of ether oxygens (including phenoxy) is 1. The van der Waals surface area contributed by atoms with Gasteiger partial charge in [0.25, 0.3) is 5.91 Å². The van der Waals surface area contributed by atoms with E-state index in [1.54, 1.807) is 29.0 Å². The van der Waals surface area contributed by atoms with Crippen LogP contribution in [-0.4, -0.2) is 37.6 Å². The van der Waals surface area contributed by atoms with Crippen molar-refractivity contribution in [3.05, 3.63) is 109 Å². The van der Waals surface area contributed by atoms with E-state index in [1.165, 1.54) is 6.33 Å². The Bertz CT molecular complexity index is 1410. The SMILES string of the molecule is COc1ccccc1-c1nn(-c2ccccc2)cc1C(=O)Nc1cccc(Cn2cncn2)c1. The predicted molar refractivity (Wildman–Crippen MR) is 129 cm³/mol. The molecular weight excluding hydrogens is 428 g/mol. The highest BCUT2D eigenvalue weighted by Gasteiger charge is 2.21. The fraction of sp³-hybridized carbons (Fsp3) is 0.0769. The summed E-state index contributed by atoms with van der Waals surface area (Å²) in [6.07, 6.45) is 4.89. The average molecular weight is 451 g/mol. The number of hydrogen-bond acceptors (Lipinski definition) is 5. The van der Waals surface area contributed by atoms with E-state index in [-0.39, 0.29) is 5.91 Å². The number of methoxy groups -OCH3 is 1. The lowest BCUT2D eigenvalue weighted by Gasteiger charge is -2.09. The van der Waals surface area contributed by atoms with E-state index in [1.807, 2.05) is 78.9 Å². The first-order valence-corrected chi connectivity index (χ1v) is 10.7. The van der Waals surface area contributed by atoms with E-state index in [2.05, 4.69) is 15.4 Å². The molecule has 3 aromatic carbocycles. The molecule has 5 aromatic rings. The van der Waals surface area contributed by atoms with Crippen LogP contribution in [0.1, 0.15) is 15.9 Å².